The SMILES string of the molecule is Cn1cc2cc(-c3c(N)c4ccc(C(F)(F)F)nc4n(-c4ccc(Br)cc4)c3=O)ccc2n1. The molecule has 0 unspecified atom stereocenters. The van der Waals surface area contributed by atoms with Gasteiger partial charge in [-0.2, -0.15) is 18.3 Å². The van der Waals surface area contributed by atoms with Crippen LogP contribution in [0.15, 0.2) is 70.1 Å². The van der Waals surface area contributed by atoms with Crippen LogP contribution in [0.2, 0.25) is 0 Å². The number of benzene rings is 2. The Kier molecular flexibility index (Phi) is 4.78. The van der Waals surface area contributed by atoms with Crippen molar-refractivity contribution in [3.63, 3.8) is 0 Å². The molecule has 5 rings (SSSR count). The first kappa shape index (κ1) is 21.2. The summed E-state index contributed by atoms with van der Waals surface area (Å²) in [5.74, 6) is 0. The standard InChI is InChI=1S/C23H15BrF3N5O/c1-31-11-13-10-12(2-8-17(13)30-31)19-20(28)16-7-9-18(23(25,26)27)29-21(16)32(22(19)33)15-5-3-14(24)4-6-15/h2-11H,28H2,1H3. The lowest BCUT2D eigenvalue weighted by Crippen LogP contribution is -2.24. The van der Waals surface area contributed by atoms with Crippen molar-refractivity contribution in [3.05, 3.63) is 81.3 Å². The lowest BCUT2D eigenvalue weighted by Gasteiger charge is -2.17. The highest BCUT2D eigenvalue weighted by atomic mass is 79.9. The molecule has 2 aromatic carbocycles. The van der Waals surface area contributed by atoms with Gasteiger partial charge in [-0.1, -0.05) is 22.0 Å². The van der Waals surface area contributed by atoms with E-state index in [0.717, 1.165) is 26.0 Å². The summed E-state index contributed by atoms with van der Waals surface area (Å²) in [4.78, 5) is 17.5. The van der Waals surface area contributed by atoms with Gasteiger partial charge in [0.1, 0.15) is 11.3 Å². The predicted octanol–water partition coefficient (Wildman–Crippen LogP) is 5.30. The van der Waals surface area contributed by atoms with E-state index in [9.17, 15) is 18.0 Å². The van der Waals surface area contributed by atoms with Gasteiger partial charge in [-0.15, -0.1) is 0 Å². The first-order chi connectivity index (χ1) is 15.6. The second kappa shape index (κ2) is 7.45. The third kappa shape index (κ3) is 3.56. The number of nitrogen functional groups attached to an aromatic ring is 1. The molecule has 2 N–H and O–H groups in total. The van der Waals surface area contributed by atoms with E-state index in [1.165, 1.54) is 6.07 Å². The minimum Gasteiger partial charge on any atom is -0.397 e. The zero-order valence-electron chi connectivity index (χ0n) is 17.1. The van der Waals surface area contributed by atoms with E-state index in [1.807, 2.05) is 0 Å². The first-order valence-corrected chi connectivity index (χ1v) is 10.5. The van der Waals surface area contributed by atoms with E-state index >= 15 is 0 Å². The van der Waals surface area contributed by atoms with Crippen molar-refractivity contribution in [2.45, 2.75) is 6.18 Å². The summed E-state index contributed by atoms with van der Waals surface area (Å²) in [6, 6.07) is 14.0. The molecule has 10 heteroatoms. The number of fused-ring (bicyclic) bond motifs is 2. The van der Waals surface area contributed by atoms with Gasteiger partial charge >= 0.3 is 6.18 Å². The quantitative estimate of drug-likeness (QED) is 0.347. The van der Waals surface area contributed by atoms with E-state index in [1.54, 1.807) is 60.4 Å². The number of aryl methyl sites for hydroxylation is 1. The third-order valence-electron chi connectivity index (χ3n) is 5.35. The molecule has 3 heterocycles. The normalized spacial score (nSPS) is 12.0. The number of nitrogens with two attached hydrogens (primary N) is 1. The van der Waals surface area contributed by atoms with Crippen LogP contribution in [0.3, 0.4) is 0 Å². The van der Waals surface area contributed by atoms with Crippen LogP contribution >= 0.6 is 15.9 Å². The number of rotatable bonds is 2. The van der Waals surface area contributed by atoms with Gasteiger partial charge in [0.15, 0.2) is 0 Å². The highest BCUT2D eigenvalue weighted by molar-refractivity contribution is 9.10. The minimum atomic E-state index is -4.67. The van der Waals surface area contributed by atoms with Gasteiger partial charge in [-0.25, -0.2) is 4.98 Å². The molecule has 0 aliphatic rings. The number of hydrogen-bond acceptors (Lipinski definition) is 4. The van der Waals surface area contributed by atoms with Gasteiger partial charge in [0.2, 0.25) is 0 Å². The van der Waals surface area contributed by atoms with Crippen molar-refractivity contribution < 1.29 is 13.2 Å². The molecule has 3 aromatic heterocycles. The van der Waals surface area contributed by atoms with E-state index in [-0.39, 0.29) is 22.3 Å². The number of hydrogen-bond donors (Lipinski definition) is 1. The molecule has 0 bridgehead atoms. The average molecular weight is 514 g/mol. The maximum absolute atomic E-state index is 13.7. The fraction of sp³-hybridized carbons (Fsp3) is 0.0870. The van der Waals surface area contributed by atoms with Crippen LogP contribution < -0.4 is 11.3 Å². The van der Waals surface area contributed by atoms with Crippen molar-refractivity contribution in [2.75, 3.05) is 5.73 Å². The summed E-state index contributed by atoms with van der Waals surface area (Å²) in [5, 5.41) is 5.37. The third-order valence-corrected chi connectivity index (χ3v) is 5.87. The Hall–Kier alpha value is -3.66. The molecule has 0 amide bonds. The van der Waals surface area contributed by atoms with Crippen molar-refractivity contribution in [1.29, 1.82) is 0 Å². The van der Waals surface area contributed by atoms with Crippen LogP contribution in [0.4, 0.5) is 18.9 Å². The maximum atomic E-state index is 13.7. The summed E-state index contributed by atoms with van der Waals surface area (Å²) in [7, 11) is 1.79. The van der Waals surface area contributed by atoms with Crippen LogP contribution in [0.1, 0.15) is 5.69 Å². The Morgan fingerprint density at radius 3 is 2.45 bits per heavy atom. The number of anilines is 1. The molecule has 0 atom stereocenters. The Morgan fingerprint density at radius 1 is 1.03 bits per heavy atom. The van der Waals surface area contributed by atoms with Gasteiger partial charge in [0, 0.05) is 28.5 Å². The molecular formula is C23H15BrF3N5O. The lowest BCUT2D eigenvalue weighted by molar-refractivity contribution is -0.141. The van der Waals surface area contributed by atoms with Crippen LogP contribution in [-0.2, 0) is 13.2 Å². The predicted molar refractivity (Wildman–Crippen MR) is 124 cm³/mol. The molecule has 33 heavy (non-hydrogen) atoms. The second-order valence-corrected chi connectivity index (χ2v) is 8.46. The van der Waals surface area contributed by atoms with Gasteiger partial charge in [-0.05, 0) is 54.1 Å². The molecule has 0 fully saturated rings. The zero-order valence-corrected chi connectivity index (χ0v) is 18.6. The van der Waals surface area contributed by atoms with E-state index in [0.29, 0.717) is 11.3 Å². The lowest BCUT2D eigenvalue weighted by atomic mass is 10.0. The van der Waals surface area contributed by atoms with Crippen LogP contribution in [0.25, 0.3) is 38.8 Å². The van der Waals surface area contributed by atoms with Crippen molar-refractivity contribution in [2.24, 2.45) is 7.05 Å². The molecule has 0 spiro atoms. The number of halogens is 4. The molecular weight excluding hydrogens is 499 g/mol. The summed E-state index contributed by atoms with van der Waals surface area (Å²) >= 11 is 3.33. The number of pyridine rings is 2. The smallest absolute Gasteiger partial charge is 0.397 e. The number of nitrogens with zero attached hydrogens (tertiary/aromatic N) is 4. The summed E-state index contributed by atoms with van der Waals surface area (Å²) in [5.41, 5.74) is 6.40. The number of aromatic nitrogens is 4. The van der Waals surface area contributed by atoms with Crippen molar-refractivity contribution in [3.8, 4) is 16.8 Å². The minimum absolute atomic E-state index is 0.0628. The Bertz CT molecular complexity index is 1600. The molecule has 0 aliphatic heterocycles. The fourth-order valence-electron chi connectivity index (χ4n) is 3.86. The molecule has 0 aliphatic carbocycles. The fourth-order valence-corrected chi connectivity index (χ4v) is 4.12. The summed E-state index contributed by atoms with van der Waals surface area (Å²) in [6.45, 7) is 0. The molecule has 5 aromatic rings. The van der Waals surface area contributed by atoms with Crippen molar-refractivity contribution >= 4 is 43.6 Å². The monoisotopic (exact) mass is 513 g/mol. The second-order valence-electron chi connectivity index (χ2n) is 7.55. The van der Waals surface area contributed by atoms with Crippen LogP contribution in [0.5, 0.6) is 0 Å². The number of alkyl halides is 3. The first-order valence-electron chi connectivity index (χ1n) is 9.75. The Morgan fingerprint density at radius 2 is 1.76 bits per heavy atom. The largest absolute Gasteiger partial charge is 0.433 e. The van der Waals surface area contributed by atoms with E-state index in [2.05, 4.69) is 26.0 Å². The van der Waals surface area contributed by atoms with Gasteiger partial charge in [0.25, 0.3) is 5.56 Å². The van der Waals surface area contributed by atoms with Crippen LogP contribution in [-0.4, -0.2) is 19.3 Å². The highest BCUT2D eigenvalue weighted by Gasteiger charge is 2.33. The van der Waals surface area contributed by atoms with E-state index < -0.39 is 17.4 Å². The molecule has 0 saturated heterocycles. The van der Waals surface area contributed by atoms with Crippen molar-refractivity contribution in [1.82, 2.24) is 19.3 Å². The molecule has 0 saturated carbocycles. The average Bonchev–Trinajstić information content (AvgIpc) is 3.13. The summed E-state index contributed by atoms with van der Waals surface area (Å²) in [6.07, 6.45) is -2.87. The maximum Gasteiger partial charge on any atom is 0.433 e. The van der Waals surface area contributed by atoms with Gasteiger partial charge < -0.3 is 5.73 Å². The molecule has 166 valence electrons. The van der Waals surface area contributed by atoms with Gasteiger partial charge in [-0.3, -0.25) is 14.0 Å². The molecule has 0 radical (unpaired) electrons. The molecule has 6 nitrogen and oxygen atoms in total. The Balaban J connectivity index is 1.89. The highest BCUT2D eigenvalue weighted by Crippen LogP contribution is 2.34. The van der Waals surface area contributed by atoms with Crippen LogP contribution in [0, 0.1) is 0 Å². The van der Waals surface area contributed by atoms with E-state index in [4.69, 9.17) is 5.73 Å². The topological polar surface area (TPSA) is 78.7 Å². The zero-order chi connectivity index (χ0) is 23.5. The van der Waals surface area contributed by atoms with Gasteiger partial charge in [0.05, 0.1) is 22.5 Å². The Labute approximate surface area is 193 Å². The summed E-state index contributed by atoms with van der Waals surface area (Å²) < 4.78 is 43.8.